The van der Waals surface area contributed by atoms with Gasteiger partial charge in [0.25, 0.3) is 0 Å². The van der Waals surface area contributed by atoms with Crippen molar-refractivity contribution in [2.24, 2.45) is 0 Å². The minimum Gasteiger partial charge on any atom is -0.323 e. The number of nitrogens with zero attached hydrogens (tertiary/aromatic N) is 2. The van der Waals surface area contributed by atoms with Gasteiger partial charge in [0.15, 0.2) is 5.16 Å². The van der Waals surface area contributed by atoms with Crippen molar-refractivity contribution in [1.82, 2.24) is 9.55 Å². The molecule has 0 saturated carbocycles. The van der Waals surface area contributed by atoms with Crippen molar-refractivity contribution in [2.45, 2.75) is 11.7 Å². The van der Waals surface area contributed by atoms with Crippen LogP contribution in [0.3, 0.4) is 0 Å². The third kappa shape index (κ3) is 4.18. The van der Waals surface area contributed by atoms with Crippen LogP contribution in [0.2, 0.25) is 15.1 Å². The average Bonchev–Trinajstić information content (AvgIpc) is 2.94. The monoisotopic (exact) mass is 425 g/mol. The maximum atomic E-state index is 12.3. The van der Waals surface area contributed by atoms with Crippen LogP contribution in [-0.4, -0.2) is 21.2 Å². The molecule has 1 aromatic heterocycles. The number of aromatic nitrogens is 2. The molecule has 1 N–H and O–H groups in total. The van der Waals surface area contributed by atoms with Gasteiger partial charge in [0.05, 0.1) is 32.5 Å². The van der Waals surface area contributed by atoms with Gasteiger partial charge in [-0.3, -0.25) is 4.79 Å². The number of amides is 1. The summed E-state index contributed by atoms with van der Waals surface area (Å²) in [6.07, 6.45) is 1.80. The number of hydrogen-bond donors (Lipinski definition) is 1. The highest BCUT2D eigenvalue weighted by Crippen LogP contribution is 2.34. The fourth-order valence-electron chi connectivity index (χ4n) is 2.44. The summed E-state index contributed by atoms with van der Waals surface area (Å²) in [7, 11) is 0. The standard InChI is InChI=1S/C18H14Cl3N3OS/c1-2-7-24-15-6-4-3-5-14(15)22-18(24)26-10-16(25)23-17-12(20)8-11(19)9-13(17)21/h2-6,8-9H,1,7,10H2,(H,23,25). The van der Waals surface area contributed by atoms with Crippen LogP contribution in [0.5, 0.6) is 0 Å². The number of para-hydroxylation sites is 2. The molecule has 0 atom stereocenters. The van der Waals surface area contributed by atoms with E-state index in [0.717, 1.165) is 16.2 Å². The van der Waals surface area contributed by atoms with Gasteiger partial charge in [-0.2, -0.15) is 0 Å². The van der Waals surface area contributed by atoms with E-state index < -0.39 is 0 Å². The van der Waals surface area contributed by atoms with Crippen molar-refractivity contribution in [3.05, 3.63) is 64.1 Å². The minimum atomic E-state index is -0.238. The average molecular weight is 427 g/mol. The third-order valence-electron chi connectivity index (χ3n) is 3.53. The molecule has 1 heterocycles. The first-order valence-corrected chi connectivity index (χ1v) is 9.75. The summed E-state index contributed by atoms with van der Waals surface area (Å²) in [5.41, 5.74) is 2.23. The summed E-state index contributed by atoms with van der Waals surface area (Å²) in [6, 6.07) is 10.9. The van der Waals surface area contributed by atoms with Crippen LogP contribution in [0.25, 0.3) is 11.0 Å². The zero-order chi connectivity index (χ0) is 18.7. The van der Waals surface area contributed by atoms with Crippen molar-refractivity contribution < 1.29 is 4.79 Å². The normalized spacial score (nSPS) is 10.9. The molecule has 0 aliphatic heterocycles. The number of thioether (sulfide) groups is 1. The van der Waals surface area contributed by atoms with Gasteiger partial charge >= 0.3 is 0 Å². The van der Waals surface area contributed by atoms with E-state index in [1.165, 1.54) is 23.9 Å². The number of rotatable bonds is 6. The Balaban J connectivity index is 1.75. The first-order chi connectivity index (χ1) is 12.5. The van der Waals surface area contributed by atoms with Crippen LogP contribution < -0.4 is 5.32 Å². The van der Waals surface area contributed by atoms with Crippen molar-refractivity contribution in [3.8, 4) is 0 Å². The molecule has 0 aliphatic carbocycles. The number of fused-ring (bicyclic) bond motifs is 1. The molecule has 2 aromatic carbocycles. The van der Waals surface area contributed by atoms with Gasteiger partial charge in [0.2, 0.25) is 5.91 Å². The molecule has 134 valence electrons. The SMILES string of the molecule is C=CCn1c(SCC(=O)Nc2c(Cl)cc(Cl)cc2Cl)nc2ccccc21. The van der Waals surface area contributed by atoms with Crippen LogP contribution in [0.15, 0.2) is 54.2 Å². The molecule has 3 aromatic rings. The Bertz CT molecular complexity index is 964. The van der Waals surface area contributed by atoms with Gasteiger partial charge in [-0.05, 0) is 24.3 Å². The zero-order valence-corrected chi connectivity index (χ0v) is 16.6. The van der Waals surface area contributed by atoms with Crippen LogP contribution in [-0.2, 0) is 11.3 Å². The number of halogens is 3. The summed E-state index contributed by atoms with van der Waals surface area (Å²) < 4.78 is 2.02. The summed E-state index contributed by atoms with van der Waals surface area (Å²) in [5.74, 6) is -0.0752. The number of allylic oxidation sites excluding steroid dienone is 1. The van der Waals surface area contributed by atoms with E-state index in [0.29, 0.717) is 27.3 Å². The summed E-state index contributed by atoms with van der Waals surface area (Å²) >= 11 is 19.4. The fraction of sp³-hybridized carbons (Fsp3) is 0.111. The van der Waals surface area contributed by atoms with Crippen molar-refractivity contribution >= 4 is 69.2 Å². The van der Waals surface area contributed by atoms with E-state index in [2.05, 4.69) is 16.9 Å². The molecule has 0 aliphatic rings. The highest BCUT2D eigenvalue weighted by Gasteiger charge is 2.14. The molecule has 0 spiro atoms. The van der Waals surface area contributed by atoms with Crippen LogP contribution in [0.4, 0.5) is 5.69 Å². The molecule has 4 nitrogen and oxygen atoms in total. The molecule has 1 amide bonds. The van der Waals surface area contributed by atoms with Gasteiger partial charge < -0.3 is 9.88 Å². The highest BCUT2D eigenvalue weighted by molar-refractivity contribution is 7.99. The van der Waals surface area contributed by atoms with Crippen molar-refractivity contribution in [3.63, 3.8) is 0 Å². The van der Waals surface area contributed by atoms with Gasteiger partial charge in [-0.25, -0.2) is 4.98 Å². The zero-order valence-electron chi connectivity index (χ0n) is 13.5. The molecule has 0 radical (unpaired) electrons. The molecule has 0 saturated heterocycles. The molecule has 26 heavy (non-hydrogen) atoms. The van der Waals surface area contributed by atoms with Crippen molar-refractivity contribution in [2.75, 3.05) is 11.1 Å². The predicted octanol–water partition coefficient (Wildman–Crippen LogP) is 5.91. The van der Waals surface area contributed by atoms with Crippen LogP contribution in [0.1, 0.15) is 0 Å². The predicted molar refractivity (Wildman–Crippen MR) is 111 cm³/mol. The van der Waals surface area contributed by atoms with Crippen LogP contribution >= 0.6 is 46.6 Å². The number of carbonyl (C=O) groups excluding carboxylic acids is 1. The topological polar surface area (TPSA) is 46.9 Å². The lowest BCUT2D eigenvalue weighted by molar-refractivity contribution is -0.113. The molecule has 0 unspecified atom stereocenters. The number of imidazole rings is 1. The van der Waals surface area contributed by atoms with Crippen LogP contribution in [0, 0.1) is 0 Å². The lowest BCUT2D eigenvalue weighted by atomic mass is 10.3. The highest BCUT2D eigenvalue weighted by atomic mass is 35.5. The van der Waals surface area contributed by atoms with Crippen molar-refractivity contribution in [1.29, 1.82) is 0 Å². The molecular weight excluding hydrogens is 413 g/mol. The first kappa shape index (κ1) is 19.1. The van der Waals surface area contributed by atoms with Gasteiger partial charge in [-0.1, -0.05) is 64.8 Å². The number of hydrogen-bond acceptors (Lipinski definition) is 3. The van der Waals surface area contributed by atoms with E-state index in [1.54, 1.807) is 6.08 Å². The van der Waals surface area contributed by atoms with E-state index in [9.17, 15) is 4.79 Å². The Hall–Kier alpha value is -1.66. The second-order valence-electron chi connectivity index (χ2n) is 5.36. The second kappa shape index (κ2) is 8.35. The second-order valence-corrected chi connectivity index (χ2v) is 7.56. The van der Waals surface area contributed by atoms with E-state index in [1.807, 2.05) is 28.8 Å². The molecule has 0 fully saturated rings. The van der Waals surface area contributed by atoms with Gasteiger partial charge in [0.1, 0.15) is 0 Å². The van der Waals surface area contributed by atoms with E-state index in [4.69, 9.17) is 34.8 Å². The number of benzene rings is 2. The molecular formula is C18H14Cl3N3OS. The smallest absolute Gasteiger partial charge is 0.234 e. The quantitative estimate of drug-likeness (QED) is 0.393. The van der Waals surface area contributed by atoms with Gasteiger partial charge in [0, 0.05) is 11.6 Å². The van der Waals surface area contributed by atoms with E-state index in [-0.39, 0.29) is 11.7 Å². The number of nitrogens with one attached hydrogen (secondary N) is 1. The Kier molecular flexibility index (Phi) is 6.14. The lowest BCUT2D eigenvalue weighted by Gasteiger charge is -2.10. The molecule has 0 bridgehead atoms. The Labute approximate surface area is 170 Å². The molecule has 3 rings (SSSR count). The lowest BCUT2D eigenvalue weighted by Crippen LogP contribution is -2.15. The maximum Gasteiger partial charge on any atom is 0.234 e. The fourth-order valence-corrected chi connectivity index (χ4v) is 4.17. The number of anilines is 1. The van der Waals surface area contributed by atoms with E-state index >= 15 is 0 Å². The summed E-state index contributed by atoms with van der Waals surface area (Å²) in [6.45, 7) is 4.39. The Morgan fingerprint density at radius 1 is 1.23 bits per heavy atom. The maximum absolute atomic E-state index is 12.3. The molecule has 8 heteroatoms. The Morgan fingerprint density at radius 3 is 2.62 bits per heavy atom. The summed E-state index contributed by atoms with van der Waals surface area (Å²) in [5, 5.41) is 4.46. The summed E-state index contributed by atoms with van der Waals surface area (Å²) in [4.78, 5) is 16.9. The number of carbonyl (C=O) groups is 1. The largest absolute Gasteiger partial charge is 0.323 e. The third-order valence-corrected chi connectivity index (χ3v) is 5.33. The minimum absolute atomic E-state index is 0.162. The first-order valence-electron chi connectivity index (χ1n) is 7.63. The Morgan fingerprint density at radius 2 is 1.92 bits per heavy atom. The van der Waals surface area contributed by atoms with Gasteiger partial charge in [-0.15, -0.1) is 6.58 Å².